The third kappa shape index (κ3) is 42.1. The molecular formula is C49H89N2O6P. The molecule has 0 aliphatic heterocycles. The number of hydrogen-bond donors (Lipinski definition) is 2. The van der Waals surface area contributed by atoms with Crippen molar-refractivity contribution < 1.29 is 32.9 Å². The van der Waals surface area contributed by atoms with Gasteiger partial charge in [-0.2, -0.15) is 0 Å². The third-order valence-corrected chi connectivity index (χ3v) is 10.9. The van der Waals surface area contributed by atoms with Gasteiger partial charge in [0.05, 0.1) is 39.9 Å². The second kappa shape index (κ2) is 40.4. The second-order valence-electron chi connectivity index (χ2n) is 16.7. The maximum absolute atomic E-state index is 12.8. The largest absolute Gasteiger partial charge is 0.756 e. The number of phosphoric acid groups is 1. The van der Waals surface area contributed by atoms with Crippen molar-refractivity contribution in [3.63, 3.8) is 0 Å². The van der Waals surface area contributed by atoms with Crippen LogP contribution >= 0.6 is 7.82 Å². The molecule has 9 heteroatoms. The number of aliphatic hydroxyl groups excluding tert-OH is 1. The summed E-state index contributed by atoms with van der Waals surface area (Å²) >= 11 is 0. The van der Waals surface area contributed by atoms with E-state index in [-0.39, 0.29) is 19.1 Å². The van der Waals surface area contributed by atoms with Gasteiger partial charge in [-0.25, -0.2) is 0 Å². The van der Waals surface area contributed by atoms with Crippen LogP contribution in [0.15, 0.2) is 72.9 Å². The van der Waals surface area contributed by atoms with Crippen molar-refractivity contribution in [2.75, 3.05) is 40.9 Å². The molecule has 1 amide bonds. The van der Waals surface area contributed by atoms with E-state index in [1.54, 1.807) is 6.08 Å². The zero-order valence-corrected chi connectivity index (χ0v) is 38.9. The van der Waals surface area contributed by atoms with E-state index in [1.807, 2.05) is 27.2 Å². The summed E-state index contributed by atoms with van der Waals surface area (Å²) in [5.74, 6) is -0.208. The standard InChI is InChI=1S/C49H89N2O6P/c1-6-8-10-12-13-14-15-16-17-18-19-20-21-22-23-24-25-26-27-28-29-30-31-32-33-34-35-36-37-39-41-43-49(53)50-47(48(52)42-40-38-11-9-7-2)46-57-58(54,55)56-45-44-51(3,4)5/h8,10,13-14,16-17,19-20,22-23,40,42,47-48,52H,6-7,9,11-12,15,18,21,24-39,41,43-46H2,1-5H3,(H-,50,53,54,55)/b10-8-,14-13-,17-16-,20-19-,23-22-,42-40+. The van der Waals surface area contributed by atoms with Crippen molar-refractivity contribution in [1.82, 2.24) is 5.32 Å². The van der Waals surface area contributed by atoms with Crippen molar-refractivity contribution in [3.05, 3.63) is 72.9 Å². The quantitative estimate of drug-likeness (QED) is 0.0275. The summed E-state index contributed by atoms with van der Waals surface area (Å²) in [5.41, 5.74) is 0. The molecule has 0 spiro atoms. The van der Waals surface area contributed by atoms with Gasteiger partial charge in [0.25, 0.3) is 7.82 Å². The lowest BCUT2D eigenvalue weighted by Crippen LogP contribution is -2.45. The molecule has 0 aromatic heterocycles. The Morgan fingerprint density at radius 2 is 1.05 bits per heavy atom. The van der Waals surface area contributed by atoms with Crippen molar-refractivity contribution >= 4 is 13.7 Å². The van der Waals surface area contributed by atoms with Crippen LogP contribution < -0.4 is 10.2 Å². The maximum Gasteiger partial charge on any atom is 0.268 e. The molecule has 0 aliphatic rings. The SMILES string of the molecule is CC/C=C\C/C=C\C/C=C\C/C=C\C/C=C\CCCCCCCCCCCCCCCCCC(=O)NC(COP(=O)([O-])OCC[N+](C)(C)C)C(O)/C=C/CCCCC. The summed E-state index contributed by atoms with van der Waals surface area (Å²) in [7, 11) is 1.25. The molecule has 0 bridgehead atoms. The number of amides is 1. The van der Waals surface area contributed by atoms with Gasteiger partial charge in [0, 0.05) is 6.42 Å². The molecule has 0 saturated heterocycles. The third-order valence-electron chi connectivity index (χ3n) is 9.92. The Kier molecular flexibility index (Phi) is 38.9. The summed E-state index contributed by atoms with van der Waals surface area (Å²) in [6.45, 7) is 4.40. The van der Waals surface area contributed by atoms with Gasteiger partial charge in [-0.1, -0.05) is 183 Å². The molecule has 2 N–H and O–H groups in total. The van der Waals surface area contributed by atoms with Crippen molar-refractivity contribution in [2.24, 2.45) is 0 Å². The zero-order valence-electron chi connectivity index (χ0n) is 38.0. The van der Waals surface area contributed by atoms with E-state index in [1.165, 1.54) is 83.5 Å². The van der Waals surface area contributed by atoms with Crippen LogP contribution in [0.3, 0.4) is 0 Å². The van der Waals surface area contributed by atoms with Gasteiger partial charge in [0.1, 0.15) is 13.2 Å². The summed E-state index contributed by atoms with van der Waals surface area (Å²) in [5, 5.41) is 13.6. The summed E-state index contributed by atoms with van der Waals surface area (Å²) in [6.07, 6.45) is 54.4. The van der Waals surface area contributed by atoms with Crippen molar-refractivity contribution in [3.8, 4) is 0 Å². The molecule has 0 aromatic carbocycles. The van der Waals surface area contributed by atoms with E-state index < -0.39 is 20.0 Å². The molecule has 0 rings (SSSR count). The molecule has 3 atom stereocenters. The van der Waals surface area contributed by atoms with E-state index in [9.17, 15) is 19.4 Å². The number of quaternary nitrogens is 1. The van der Waals surface area contributed by atoms with Crippen LogP contribution in [0.25, 0.3) is 0 Å². The lowest BCUT2D eigenvalue weighted by Gasteiger charge is -2.29. The Balaban J connectivity index is 3.91. The second-order valence-corrected chi connectivity index (χ2v) is 18.1. The summed E-state index contributed by atoms with van der Waals surface area (Å²) in [4.78, 5) is 25.1. The average molecular weight is 833 g/mol. The van der Waals surface area contributed by atoms with Gasteiger partial charge in [-0.3, -0.25) is 9.36 Å². The van der Waals surface area contributed by atoms with E-state index in [4.69, 9.17) is 9.05 Å². The predicted octanol–water partition coefficient (Wildman–Crippen LogP) is 12.6. The first-order valence-corrected chi connectivity index (χ1v) is 24.8. The monoisotopic (exact) mass is 833 g/mol. The summed E-state index contributed by atoms with van der Waals surface area (Å²) in [6, 6.07) is -0.884. The predicted molar refractivity (Wildman–Crippen MR) is 247 cm³/mol. The number of carbonyl (C=O) groups is 1. The van der Waals surface area contributed by atoms with Gasteiger partial charge < -0.3 is 28.8 Å². The topological polar surface area (TPSA) is 108 Å². The number of carbonyl (C=O) groups excluding carboxylic acids is 1. The van der Waals surface area contributed by atoms with Gasteiger partial charge in [-0.05, 0) is 64.2 Å². The molecule has 0 fully saturated rings. The molecule has 0 aromatic rings. The lowest BCUT2D eigenvalue weighted by atomic mass is 10.0. The molecular weight excluding hydrogens is 744 g/mol. The number of allylic oxidation sites excluding steroid dienone is 11. The number of rotatable bonds is 41. The van der Waals surface area contributed by atoms with Gasteiger partial charge in [0.15, 0.2) is 0 Å². The number of hydrogen-bond acceptors (Lipinski definition) is 6. The van der Waals surface area contributed by atoms with Gasteiger partial charge in [0.2, 0.25) is 5.91 Å². The normalized spacial score (nSPS) is 14.9. The fraction of sp³-hybridized carbons (Fsp3) is 0.735. The van der Waals surface area contributed by atoms with E-state index in [0.29, 0.717) is 17.4 Å². The Morgan fingerprint density at radius 1 is 0.621 bits per heavy atom. The molecule has 0 aliphatic carbocycles. The molecule has 336 valence electrons. The minimum atomic E-state index is -4.57. The first kappa shape index (κ1) is 55.9. The molecule has 3 unspecified atom stereocenters. The van der Waals surface area contributed by atoms with Gasteiger partial charge >= 0.3 is 0 Å². The van der Waals surface area contributed by atoms with Crippen LogP contribution in [-0.2, 0) is 18.4 Å². The fourth-order valence-corrected chi connectivity index (χ4v) is 6.96. The minimum absolute atomic E-state index is 0.00411. The molecule has 0 saturated carbocycles. The minimum Gasteiger partial charge on any atom is -0.756 e. The highest BCUT2D eigenvalue weighted by molar-refractivity contribution is 7.45. The van der Waals surface area contributed by atoms with Crippen molar-refractivity contribution in [2.45, 2.75) is 193 Å². The Bertz CT molecular complexity index is 1170. The van der Waals surface area contributed by atoms with E-state index >= 15 is 0 Å². The Labute approximate surface area is 357 Å². The molecule has 0 radical (unpaired) electrons. The number of nitrogens with zero attached hydrogens (tertiary/aromatic N) is 1. The Morgan fingerprint density at radius 3 is 1.53 bits per heavy atom. The fourth-order valence-electron chi connectivity index (χ4n) is 6.24. The van der Waals surface area contributed by atoms with Crippen LogP contribution in [0, 0.1) is 0 Å². The van der Waals surface area contributed by atoms with Crippen LogP contribution in [0.1, 0.15) is 181 Å². The average Bonchev–Trinajstić information content (AvgIpc) is 3.17. The smallest absolute Gasteiger partial charge is 0.268 e. The van der Waals surface area contributed by atoms with Crippen molar-refractivity contribution in [1.29, 1.82) is 0 Å². The maximum atomic E-state index is 12.8. The number of nitrogens with one attached hydrogen (secondary N) is 1. The number of aliphatic hydroxyl groups is 1. The first-order chi connectivity index (χ1) is 28.0. The molecule has 8 nitrogen and oxygen atoms in total. The first-order valence-electron chi connectivity index (χ1n) is 23.3. The van der Waals surface area contributed by atoms with Crippen LogP contribution in [0.5, 0.6) is 0 Å². The number of likely N-dealkylation sites (N-methyl/N-ethyl adjacent to an activating group) is 1. The van der Waals surface area contributed by atoms with Crippen LogP contribution in [0.4, 0.5) is 0 Å². The van der Waals surface area contributed by atoms with Crippen LogP contribution in [0.2, 0.25) is 0 Å². The highest BCUT2D eigenvalue weighted by atomic mass is 31.2. The van der Waals surface area contributed by atoms with E-state index in [2.05, 4.69) is 79.9 Å². The molecule has 58 heavy (non-hydrogen) atoms. The number of phosphoric ester groups is 1. The molecule has 0 heterocycles. The Hall–Kier alpha value is -2.06. The highest BCUT2D eigenvalue weighted by Crippen LogP contribution is 2.38. The van der Waals surface area contributed by atoms with Gasteiger partial charge in [-0.15, -0.1) is 0 Å². The van der Waals surface area contributed by atoms with Crippen LogP contribution in [-0.4, -0.2) is 68.5 Å². The lowest BCUT2D eigenvalue weighted by molar-refractivity contribution is -0.870. The van der Waals surface area contributed by atoms with E-state index in [0.717, 1.165) is 77.0 Å². The zero-order chi connectivity index (χ0) is 42.8. The highest BCUT2D eigenvalue weighted by Gasteiger charge is 2.23. The summed E-state index contributed by atoms with van der Waals surface area (Å²) < 4.78 is 23.0. The number of unbranched alkanes of at least 4 members (excludes halogenated alkanes) is 18.